The van der Waals surface area contributed by atoms with E-state index in [0.717, 1.165) is 36.8 Å². The third kappa shape index (κ3) is 3.72. The molecule has 0 heterocycles. The lowest BCUT2D eigenvalue weighted by atomic mass is 9.73. The van der Waals surface area contributed by atoms with Crippen molar-refractivity contribution in [2.75, 3.05) is 0 Å². The zero-order valence-corrected chi connectivity index (χ0v) is 15.5. The van der Waals surface area contributed by atoms with E-state index in [9.17, 15) is 13.0 Å². The molecule has 22 heavy (non-hydrogen) atoms. The minimum Gasteiger partial charge on any atom is -0.282 e. The lowest BCUT2D eigenvalue weighted by Crippen LogP contribution is -2.24. The minimum atomic E-state index is -4.20. The molecule has 0 aliphatic carbocycles. The first-order valence-electron chi connectivity index (χ1n) is 8.19. The number of hydrogen-bond acceptors (Lipinski definition) is 2. The van der Waals surface area contributed by atoms with Crippen LogP contribution in [0.5, 0.6) is 0 Å². The predicted octanol–water partition coefficient (Wildman–Crippen LogP) is 5.09. The highest BCUT2D eigenvalue weighted by Crippen LogP contribution is 2.38. The van der Waals surface area contributed by atoms with Crippen molar-refractivity contribution in [3.05, 3.63) is 29.3 Å². The Bertz CT molecular complexity index is 573. The maximum absolute atomic E-state index is 11.7. The summed E-state index contributed by atoms with van der Waals surface area (Å²) >= 11 is 0. The average Bonchev–Trinajstić information content (AvgIpc) is 2.51. The number of rotatable bonds is 7. The summed E-state index contributed by atoms with van der Waals surface area (Å²) in [5.74, 6) is 0. The van der Waals surface area contributed by atoms with Gasteiger partial charge >= 0.3 is 0 Å². The Morgan fingerprint density at radius 2 is 1.14 bits per heavy atom. The van der Waals surface area contributed by atoms with Crippen LogP contribution < -0.4 is 0 Å². The fraction of sp³-hybridized carbons (Fsp3) is 0.667. The lowest BCUT2D eigenvalue weighted by molar-refractivity contribution is 0.420. The van der Waals surface area contributed by atoms with Crippen LogP contribution in [-0.4, -0.2) is 13.0 Å². The summed E-state index contributed by atoms with van der Waals surface area (Å²) in [6.45, 7) is 12.7. The second-order valence-electron chi connectivity index (χ2n) is 6.76. The molecule has 0 amide bonds. The monoisotopic (exact) mass is 326 g/mol. The van der Waals surface area contributed by atoms with Crippen molar-refractivity contribution < 1.29 is 13.0 Å². The van der Waals surface area contributed by atoms with Crippen molar-refractivity contribution in [2.24, 2.45) is 0 Å². The highest BCUT2D eigenvalue weighted by molar-refractivity contribution is 7.85. The molecule has 1 N–H and O–H groups in total. The van der Waals surface area contributed by atoms with Crippen LogP contribution in [0, 0.1) is 0 Å². The summed E-state index contributed by atoms with van der Waals surface area (Å²) in [5, 5.41) is 0. The van der Waals surface area contributed by atoms with Gasteiger partial charge in [0.1, 0.15) is 0 Å². The molecular formula is C18H30O3S. The van der Waals surface area contributed by atoms with E-state index in [1.165, 1.54) is 0 Å². The molecule has 0 aliphatic rings. The second-order valence-corrected chi connectivity index (χ2v) is 8.18. The Labute approximate surface area is 135 Å². The zero-order valence-electron chi connectivity index (χ0n) is 14.7. The lowest BCUT2D eigenvalue weighted by Gasteiger charge is -2.32. The first kappa shape index (κ1) is 19.2. The van der Waals surface area contributed by atoms with Crippen LogP contribution in [0.25, 0.3) is 0 Å². The Hall–Kier alpha value is -0.870. The Kier molecular flexibility index (Phi) is 5.85. The predicted molar refractivity (Wildman–Crippen MR) is 92.1 cm³/mol. The Balaban J connectivity index is 3.68. The first-order chi connectivity index (χ1) is 10.1. The largest absolute Gasteiger partial charge is 0.294 e. The molecule has 0 spiro atoms. The van der Waals surface area contributed by atoms with Gasteiger partial charge in [0.15, 0.2) is 0 Å². The van der Waals surface area contributed by atoms with E-state index >= 15 is 0 Å². The third-order valence-corrected chi connectivity index (χ3v) is 6.55. The van der Waals surface area contributed by atoms with Gasteiger partial charge in [0.05, 0.1) is 4.90 Å². The molecule has 0 fully saturated rings. The van der Waals surface area contributed by atoms with Crippen LogP contribution in [0.1, 0.15) is 78.4 Å². The van der Waals surface area contributed by atoms with Crippen molar-refractivity contribution >= 4 is 10.1 Å². The molecular weight excluding hydrogens is 296 g/mol. The summed E-state index contributed by atoms with van der Waals surface area (Å²) in [6, 6.07) is 5.41. The Morgan fingerprint density at radius 1 is 0.818 bits per heavy atom. The molecule has 1 aromatic rings. The van der Waals surface area contributed by atoms with E-state index < -0.39 is 10.1 Å². The maximum atomic E-state index is 11.7. The van der Waals surface area contributed by atoms with Gasteiger partial charge in [-0.3, -0.25) is 4.55 Å². The molecule has 1 rings (SSSR count). The van der Waals surface area contributed by atoms with Crippen molar-refractivity contribution in [1.29, 1.82) is 0 Å². The van der Waals surface area contributed by atoms with Gasteiger partial charge in [0, 0.05) is 0 Å². The molecule has 0 bridgehead atoms. The zero-order chi connectivity index (χ0) is 17.2. The van der Waals surface area contributed by atoms with E-state index in [4.69, 9.17) is 0 Å². The average molecular weight is 327 g/mol. The van der Waals surface area contributed by atoms with Gasteiger partial charge in [-0.05, 0) is 59.8 Å². The smallest absolute Gasteiger partial charge is 0.282 e. The Morgan fingerprint density at radius 3 is 1.36 bits per heavy atom. The first-order valence-corrected chi connectivity index (χ1v) is 9.63. The fourth-order valence-corrected chi connectivity index (χ4v) is 3.31. The van der Waals surface area contributed by atoms with Crippen molar-refractivity contribution in [2.45, 2.75) is 83.0 Å². The minimum absolute atomic E-state index is 0.0150. The molecule has 0 saturated carbocycles. The molecule has 0 radical (unpaired) electrons. The van der Waals surface area contributed by atoms with E-state index in [1.54, 1.807) is 12.1 Å². The highest BCUT2D eigenvalue weighted by Gasteiger charge is 2.29. The van der Waals surface area contributed by atoms with Crippen LogP contribution in [0.15, 0.2) is 23.1 Å². The topological polar surface area (TPSA) is 54.4 Å². The third-order valence-electron chi connectivity index (χ3n) is 5.72. The van der Waals surface area contributed by atoms with Crippen molar-refractivity contribution in [1.82, 2.24) is 0 Å². The molecule has 0 saturated heterocycles. The van der Waals surface area contributed by atoms with E-state index in [-0.39, 0.29) is 15.7 Å². The summed E-state index contributed by atoms with van der Waals surface area (Å²) in [7, 11) is -4.20. The molecule has 0 atom stereocenters. The van der Waals surface area contributed by atoms with Crippen LogP contribution >= 0.6 is 0 Å². The molecule has 4 heteroatoms. The van der Waals surface area contributed by atoms with Crippen molar-refractivity contribution in [3.63, 3.8) is 0 Å². The van der Waals surface area contributed by atoms with Gasteiger partial charge in [0.2, 0.25) is 0 Å². The van der Waals surface area contributed by atoms with Gasteiger partial charge < -0.3 is 0 Å². The molecule has 126 valence electrons. The van der Waals surface area contributed by atoms with Gasteiger partial charge in [-0.1, -0.05) is 47.6 Å². The highest BCUT2D eigenvalue weighted by atomic mass is 32.2. The normalized spacial score (nSPS) is 13.4. The summed E-state index contributed by atoms with van der Waals surface area (Å²) < 4.78 is 32.9. The molecule has 3 nitrogen and oxygen atoms in total. The van der Waals surface area contributed by atoms with Gasteiger partial charge in [-0.2, -0.15) is 8.42 Å². The van der Waals surface area contributed by atoms with E-state index in [1.807, 2.05) is 0 Å². The number of benzene rings is 1. The van der Waals surface area contributed by atoms with Crippen LogP contribution in [0.2, 0.25) is 0 Å². The van der Waals surface area contributed by atoms with E-state index in [2.05, 4.69) is 47.6 Å². The second kappa shape index (κ2) is 6.71. The maximum Gasteiger partial charge on any atom is 0.294 e. The number of hydrogen-bond donors (Lipinski definition) is 1. The molecule has 1 aromatic carbocycles. The van der Waals surface area contributed by atoms with Crippen LogP contribution in [0.4, 0.5) is 0 Å². The van der Waals surface area contributed by atoms with E-state index in [0.29, 0.717) is 0 Å². The quantitative estimate of drug-likeness (QED) is 0.710. The van der Waals surface area contributed by atoms with Crippen LogP contribution in [-0.2, 0) is 20.9 Å². The summed E-state index contributed by atoms with van der Waals surface area (Å²) in [6.07, 6.45) is 3.69. The SMILES string of the molecule is CCC(C)(CC)c1cc(C(C)(CC)CC)cc(S(=O)(=O)O)c1. The van der Waals surface area contributed by atoms with Gasteiger partial charge in [-0.15, -0.1) is 0 Å². The summed E-state index contributed by atoms with van der Waals surface area (Å²) in [5.41, 5.74) is 1.82. The van der Waals surface area contributed by atoms with Gasteiger partial charge in [-0.25, -0.2) is 0 Å². The van der Waals surface area contributed by atoms with Crippen LogP contribution in [0.3, 0.4) is 0 Å². The fourth-order valence-electron chi connectivity index (χ4n) is 2.76. The van der Waals surface area contributed by atoms with Crippen molar-refractivity contribution in [3.8, 4) is 0 Å². The molecule has 0 unspecified atom stereocenters. The molecule has 0 aromatic heterocycles. The van der Waals surface area contributed by atoms with Gasteiger partial charge in [0.25, 0.3) is 10.1 Å². The summed E-state index contributed by atoms with van der Waals surface area (Å²) in [4.78, 5) is 0.0150. The standard InChI is InChI=1S/C18H30O3S/c1-7-17(5,8-2)14-11-15(18(6,9-3)10-4)13-16(12-14)22(19,20)21/h11-13H,7-10H2,1-6H3,(H,19,20,21). The molecule has 0 aliphatic heterocycles.